The number of anilines is 1. The quantitative estimate of drug-likeness (QED) is 0.689. The van der Waals surface area contributed by atoms with Crippen LogP contribution in [0.1, 0.15) is 6.42 Å². The normalized spacial score (nSPS) is 10.8. The van der Waals surface area contributed by atoms with E-state index in [1.54, 1.807) is 18.2 Å². The molecule has 1 N–H and O–H groups in total. The van der Waals surface area contributed by atoms with Crippen LogP contribution in [0, 0.1) is 5.82 Å². The first kappa shape index (κ1) is 17.6. The molecule has 3 aromatic rings. The fraction of sp³-hybridized carbons (Fsp3) is 0.118. The van der Waals surface area contributed by atoms with Crippen molar-refractivity contribution in [3.05, 3.63) is 68.4 Å². The third-order valence-corrected chi connectivity index (χ3v) is 4.30. The number of fused-ring (bicyclic) bond motifs is 1. The molecule has 0 atom stereocenters. The third kappa shape index (κ3) is 4.05. The van der Waals surface area contributed by atoms with Gasteiger partial charge in [-0.2, -0.15) is 0 Å². The molecule has 5 nitrogen and oxygen atoms in total. The van der Waals surface area contributed by atoms with Crippen LogP contribution in [0.25, 0.3) is 10.9 Å². The van der Waals surface area contributed by atoms with E-state index in [9.17, 15) is 14.0 Å². The Morgan fingerprint density at radius 3 is 2.84 bits per heavy atom. The second-order valence-corrected chi connectivity index (χ2v) is 6.68. The van der Waals surface area contributed by atoms with Crippen molar-refractivity contribution in [1.29, 1.82) is 0 Å². The molecular formula is C17H12BrClFN3O2. The lowest BCUT2D eigenvalue weighted by molar-refractivity contribution is -0.116. The molecule has 0 saturated carbocycles. The van der Waals surface area contributed by atoms with Crippen LogP contribution >= 0.6 is 27.5 Å². The SMILES string of the molecule is O=C(CCn1cnc2ccc(Br)cc2c1=O)Nc1ccc(Cl)cc1F. The number of carbonyl (C=O) groups excluding carboxylic acids is 1. The summed E-state index contributed by atoms with van der Waals surface area (Å²) in [5.74, 6) is -1.03. The zero-order valence-electron chi connectivity index (χ0n) is 12.8. The Kier molecular flexibility index (Phi) is 5.15. The largest absolute Gasteiger partial charge is 0.324 e. The summed E-state index contributed by atoms with van der Waals surface area (Å²) in [4.78, 5) is 28.6. The smallest absolute Gasteiger partial charge is 0.261 e. The van der Waals surface area contributed by atoms with E-state index in [0.29, 0.717) is 10.9 Å². The van der Waals surface area contributed by atoms with Crippen LogP contribution in [0.3, 0.4) is 0 Å². The van der Waals surface area contributed by atoms with Gasteiger partial charge in [-0.25, -0.2) is 9.37 Å². The number of rotatable bonds is 4. The Hall–Kier alpha value is -2.25. The van der Waals surface area contributed by atoms with Gasteiger partial charge in [-0.3, -0.25) is 14.2 Å². The molecule has 0 fully saturated rings. The van der Waals surface area contributed by atoms with E-state index < -0.39 is 11.7 Å². The summed E-state index contributed by atoms with van der Waals surface area (Å²) in [5.41, 5.74) is 0.385. The molecule has 1 aromatic heterocycles. The summed E-state index contributed by atoms with van der Waals surface area (Å²) in [6.45, 7) is 0.134. The standard InChI is InChI=1S/C17H12BrClFN3O2/c18-10-1-3-14-12(7-10)17(25)23(9-21-14)6-5-16(24)22-15-4-2-11(19)8-13(15)20/h1-4,7-9H,5-6H2,(H,22,24). The fourth-order valence-corrected chi connectivity index (χ4v) is 2.84. The molecule has 1 heterocycles. The van der Waals surface area contributed by atoms with E-state index in [1.165, 1.54) is 23.0 Å². The Morgan fingerprint density at radius 2 is 2.08 bits per heavy atom. The first-order chi connectivity index (χ1) is 11.9. The lowest BCUT2D eigenvalue weighted by atomic mass is 10.2. The maximum atomic E-state index is 13.7. The van der Waals surface area contributed by atoms with Crippen molar-refractivity contribution in [2.75, 3.05) is 5.32 Å². The van der Waals surface area contributed by atoms with E-state index in [4.69, 9.17) is 11.6 Å². The highest BCUT2D eigenvalue weighted by atomic mass is 79.9. The number of carbonyl (C=O) groups is 1. The van der Waals surface area contributed by atoms with Gasteiger partial charge in [0.1, 0.15) is 5.82 Å². The number of halogens is 3. The van der Waals surface area contributed by atoms with Crippen LogP contribution in [-0.2, 0) is 11.3 Å². The van der Waals surface area contributed by atoms with Gasteiger partial charge in [-0.1, -0.05) is 27.5 Å². The topological polar surface area (TPSA) is 64.0 Å². The molecule has 25 heavy (non-hydrogen) atoms. The zero-order chi connectivity index (χ0) is 18.0. The third-order valence-electron chi connectivity index (χ3n) is 3.57. The number of aryl methyl sites for hydroxylation is 1. The number of hydrogen-bond donors (Lipinski definition) is 1. The fourth-order valence-electron chi connectivity index (χ4n) is 2.32. The molecule has 128 valence electrons. The van der Waals surface area contributed by atoms with Gasteiger partial charge in [0, 0.05) is 22.5 Å². The number of amides is 1. The molecule has 0 bridgehead atoms. The van der Waals surface area contributed by atoms with Crippen molar-refractivity contribution in [2.45, 2.75) is 13.0 Å². The van der Waals surface area contributed by atoms with E-state index >= 15 is 0 Å². The lowest BCUT2D eigenvalue weighted by Crippen LogP contribution is -2.23. The van der Waals surface area contributed by atoms with Crippen molar-refractivity contribution < 1.29 is 9.18 Å². The minimum absolute atomic E-state index is 0.00314. The molecule has 2 aromatic carbocycles. The molecule has 0 aliphatic rings. The summed E-state index contributed by atoms with van der Waals surface area (Å²) in [5, 5.41) is 3.16. The Labute approximate surface area is 155 Å². The van der Waals surface area contributed by atoms with Gasteiger partial charge in [0.25, 0.3) is 5.56 Å². The maximum Gasteiger partial charge on any atom is 0.261 e. The van der Waals surface area contributed by atoms with Gasteiger partial charge in [-0.05, 0) is 36.4 Å². The average molecular weight is 425 g/mol. The van der Waals surface area contributed by atoms with Gasteiger partial charge in [0.2, 0.25) is 5.91 Å². The maximum absolute atomic E-state index is 13.7. The van der Waals surface area contributed by atoms with Crippen LogP contribution in [0.15, 0.2) is 52.0 Å². The van der Waals surface area contributed by atoms with Gasteiger partial charge in [-0.15, -0.1) is 0 Å². The van der Waals surface area contributed by atoms with Gasteiger partial charge < -0.3 is 5.32 Å². The molecule has 0 unspecified atom stereocenters. The highest BCUT2D eigenvalue weighted by Crippen LogP contribution is 2.19. The van der Waals surface area contributed by atoms with Crippen LogP contribution in [0.2, 0.25) is 5.02 Å². The van der Waals surface area contributed by atoms with E-state index in [0.717, 1.165) is 10.5 Å². The molecule has 0 aliphatic carbocycles. The predicted molar refractivity (Wildman–Crippen MR) is 98.4 cm³/mol. The van der Waals surface area contributed by atoms with Crippen molar-refractivity contribution in [1.82, 2.24) is 9.55 Å². The number of nitrogens with one attached hydrogen (secondary N) is 1. The van der Waals surface area contributed by atoms with Crippen LogP contribution < -0.4 is 10.9 Å². The monoisotopic (exact) mass is 423 g/mol. The highest BCUT2D eigenvalue weighted by molar-refractivity contribution is 9.10. The Bertz CT molecular complexity index is 1020. The van der Waals surface area contributed by atoms with E-state index in [2.05, 4.69) is 26.2 Å². The number of aromatic nitrogens is 2. The first-order valence-electron chi connectivity index (χ1n) is 7.33. The van der Waals surface area contributed by atoms with Crippen molar-refractivity contribution in [3.8, 4) is 0 Å². The van der Waals surface area contributed by atoms with Crippen molar-refractivity contribution in [3.63, 3.8) is 0 Å². The summed E-state index contributed by atoms with van der Waals surface area (Å²) < 4.78 is 15.8. The first-order valence-corrected chi connectivity index (χ1v) is 8.51. The second-order valence-electron chi connectivity index (χ2n) is 5.33. The molecule has 0 saturated heterocycles. The second kappa shape index (κ2) is 7.33. The molecule has 0 aliphatic heterocycles. The summed E-state index contributed by atoms with van der Waals surface area (Å²) in [7, 11) is 0. The zero-order valence-corrected chi connectivity index (χ0v) is 15.1. The molecule has 3 rings (SSSR count). The number of benzene rings is 2. The molecule has 8 heteroatoms. The molecular weight excluding hydrogens is 413 g/mol. The van der Waals surface area contributed by atoms with Crippen molar-refractivity contribution >= 4 is 50.0 Å². The van der Waals surface area contributed by atoms with Gasteiger partial charge >= 0.3 is 0 Å². The van der Waals surface area contributed by atoms with Crippen LogP contribution in [0.4, 0.5) is 10.1 Å². The van der Waals surface area contributed by atoms with E-state index in [1.807, 2.05) is 0 Å². The average Bonchev–Trinajstić information content (AvgIpc) is 2.57. The summed E-state index contributed by atoms with van der Waals surface area (Å²) in [6, 6.07) is 9.21. The Balaban J connectivity index is 1.73. The minimum atomic E-state index is -0.616. The van der Waals surface area contributed by atoms with Gasteiger partial charge in [0.15, 0.2) is 0 Å². The molecule has 1 amide bonds. The summed E-state index contributed by atoms with van der Waals surface area (Å²) in [6.07, 6.45) is 1.40. The number of nitrogens with zero attached hydrogens (tertiary/aromatic N) is 2. The van der Waals surface area contributed by atoms with Crippen LogP contribution in [0.5, 0.6) is 0 Å². The summed E-state index contributed by atoms with van der Waals surface area (Å²) >= 11 is 8.99. The van der Waals surface area contributed by atoms with Crippen molar-refractivity contribution in [2.24, 2.45) is 0 Å². The number of hydrogen-bond acceptors (Lipinski definition) is 3. The lowest BCUT2D eigenvalue weighted by Gasteiger charge is -2.09. The highest BCUT2D eigenvalue weighted by Gasteiger charge is 2.10. The Morgan fingerprint density at radius 1 is 1.28 bits per heavy atom. The molecule has 0 spiro atoms. The van der Waals surface area contributed by atoms with Gasteiger partial charge in [0.05, 0.1) is 22.9 Å². The predicted octanol–water partition coefficient (Wildman–Crippen LogP) is 3.98. The van der Waals surface area contributed by atoms with Crippen LogP contribution in [-0.4, -0.2) is 15.5 Å². The molecule has 0 radical (unpaired) electrons. The van der Waals surface area contributed by atoms with E-state index in [-0.39, 0.29) is 29.2 Å². The minimum Gasteiger partial charge on any atom is -0.324 e.